The highest BCUT2D eigenvalue weighted by Gasteiger charge is 2.17. The molecule has 0 saturated carbocycles. The van der Waals surface area contributed by atoms with E-state index in [-0.39, 0.29) is 18.3 Å². The summed E-state index contributed by atoms with van der Waals surface area (Å²) in [6.07, 6.45) is 0. The molecule has 0 aliphatic rings. The van der Waals surface area contributed by atoms with E-state index in [9.17, 15) is 9.59 Å². The molecule has 0 aliphatic heterocycles. The van der Waals surface area contributed by atoms with Gasteiger partial charge < -0.3 is 14.1 Å². The van der Waals surface area contributed by atoms with Crippen molar-refractivity contribution in [2.24, 2.45) is 0 Å². The van der Waals surface area contributed by atoms with E-state index in [1.54, 1.807) is 11.0 Å². The lowest BCUT2D eigenvalue weighted by Crippen LogP contribution is -2.35. The van der Waals surface area contributed by atoms with Crippen molar-refractivity contribution in [3.05, 3.63) is 34.7 Å². The number of hydrogen-bond acceptors (Lipinski definition) is 4. The fourth-order valence-corrected chi connectivity index (χ4v) is 1.72. The van der Waals surface area contributed by atoms with Gasteiger partial charge in [0, 0.05) is 13.1 Å². The summed E-state index contributed by atoms with van der Waals surface area (Å²) in [4.78, 5) is 25.0. The number of hydrogen-bond donors (Lipinski definition) is 0. The van der Waals surface area contributed by atoms with Gasteiger partial charge in [0.1, 0.15) is 0 Å². The summed E-state index contributed by atoms with van der Waals surface area (Å²) in [5, 5.41) is 0. The zero-order chi connectivity index (χ0) is 14.4. The van der Waals surface area contributed by atoms with E-state index in [0.29, 0.717) is 17.8 Å². The minimum atomic E-state index is -0.662. The van der Waals surface area contributed by atoms with Gasteiger partial charge in [0.25, 0.3) is 5.91 Å². The maximum atomic E-state index is 11.8. The fraction of sp³-hybridized carbons (Fsp3) is 0.385. The molecule has 0 radical (unpaired) electrons. The molecular formula is C13H16BrNO4. The van der Waals surface area contributed by atoms with Gasteiger partial charge in [-0.15, -0.1) is 0 Å². The number of likely N-dealkylation sites (N-methyl/N-ethyl adjacent to an activating group) is 1. The molecule has 1 amide bonds. The zero-order valence-corrected chi connectivity index (χ0v) is 12.5. The largest absolute Gasteiger partial charge is 0.450 e. The number of ether oxygens (including phenoxy) is 1. The SMILES string of the molecule is C=C(C)CN(CC)C(=O)COC(=O)c1ccc(Br)o1. The first-order valence-corrected chi connectivity index (χ1v) is 6.58. The van der Waals surface area contributed by atoms with Gasteiger partial charge in [0.2, 0.25) is 5.76 Å². The van der Waals surface area contributed by atoms with Crippen LogP contribution in [0.15, 0.2) is 33.4 Å². The van der Waals surface area contributed by atoms with Gasteiger partial charge in [-0.05, 0) is 41.9 Å². The van der Waals surface area contributed by atoms with Crippen LogP contribution in [0.25, 0.3) is 0 Å². The zero-order valence-electron chi connectivity index (χ0n) is 10.9. The highest BCUT2D eigenvalue weighted by molar-refractivity contribution is 9.10. The van der Waals surface area contributed by atoms with Crippen LogP contribution in [0.2, 0.25) is 0 Å². The maximum Gasteiger partial charge on any atom is 0.374 e. The van der Waals surface area contributed by atoms with Crippen LogP contribution in [-0.2, 0) is 9.53 Å². The van der Waals surface area contributed by atoms with Gasteiger partial charge in [0.15, 0.2) is 11.3 Å². The molecule has 0 N–H and O–H groups in total. The summed E-state index contributed by atoms with van der Waals surface area (Å²) >= 11 is 3.08. The average Bonchev–Trinajstić information content (AvgIpc) is 2.79. The Morgan fingerprint density at radius 3 is 2.63 bits per heavy atom. The average molecular weight is 330 g/mol. The second-order valence-corrected chi connectivity index (χ2v) is 4.83. The Bertz CT molecular complexity index is 481. The van der Waals surface area contributed by atoms with Gasteiger partial charge in [-0.1, -0.05) is 12.2 Å². The predicted octanol–water partition coefficient (Wildman–Crippen LogP) is 2.62. The van der Waals surface area contributed by atoms with Gasteiger partial charge in [0.05, 0.1) is 0 Å². The Hall–Kier alpha value is -1.56. The van der Waals surface area contributed by atoms with Crippen molar-refractivity contribution in [1.29, 1.82) is 0 Å². The molecule has 0 atom stereocenters. The van der Waals surface area contributed by atoms with Crippen LogP contribution in [0.5, 0.6) is 0 Å². The van der Waals surface area contributed by atoms with Crippen molar-refractivity contribution in [2.45, 2.75) is 13.8 Å². The number of halogens is 1. The van der Waals surface area contributed by atoms with Crippen LogP contribution in [0.4, 0.5) is 0 Å². The number of nitrogens with zero attached hydrogens (tertiary/aromatic N) is 1. The summed E-state index contributed by atoms with van der Waals surface area (Å²) in [6, 6.07) is 3.06. The first-order chi connectivity index (χ1) is 8.93. The maximum absolute atomic E-state index is 11.8. The number of carbonyl (C=O) groups excluding carboxylic acids is 2. The molecule has 1 rings (SSSR count). The van der Waals surface area contributed by atoms with Crippen LogP contribution in [0.1, 0.15) is 24.4 Å². The standard InChI is InChI=1S/C13H16BrNO4/c1-4-15(7-9(2)3)12(16)8-18-13(17)10-5-6-11(14)19-10/h5-6H,2,4,7-8H2,1,3H3. The van der Waals surface area contributed by atoms with Crippen molar-refractivity contribution >= 4 is 27.8 Å². The molecule has 0 bridgehead atoms. The first kappa shape index (κ1) is 15.5. The van der Waals surface area contributed by atoms with E-state index >= 15 is 0 Å². The molecule has 19 heavy (non-hydrogen) atoms. The molecule has 5 nitrogen and oxygen atoms in total. The Balaban J connectivity index is 2.49. The summed E-state index contributed by atoms with van der Waals surface area (Å²) < 4.78 is 10.4. The van der Waals surface area contributed by atoms with E-state index in [4.69, 9.17) is 9.15 Å². The lowest BCUT2D eigenvalue weighted by atomic mass is 10.3. The topological polar surface area (TPSA) is 59.8 Å². The van der Waals surface area contributed by atoms with Gasteiger partial charge >= 0.3 is 5.97 Å². The van der Waals surface area contributed by atoms with Crippen LogP contribution in [0.3, 0.4) is 0 Å². The van der Waals surface area contributed by atoms with Crippen LogP contribution < -0.4 is 0 Å². The second-order valence-electron chi connectivity index (χ2n) is 4.04. The third-order valence-corrected chi connectivity index (χ3v) is 2.72. The molecule has 104 valence electrons. The molecule has 0 aliphatic carbocycles. The molecule has 0 fully saturated rings. The van der Waals surface area contributed by atoms with Crippen molar-refractivity contribution in [2.75, 3.05) is 19.7 Å². The van der Waals surface area contributed by atoms with Gasteiger partial charge in [-0.25, -0.2) is 4.79 Å². The molecule has 1 heterocycles. The molecule has 0 saturated heterocycles. The second kappa shape index (κ2) is 7.13. The molecule has 0 aromatic carbocycles. The van der Waals surface area contributed by atoms with Crippen LogP contribution in [-0.4, -0.2) is 36.5 Å². The van der Waals surface area contributed by atoms with E-state index in [1.165, 1.54) is 6.07 Å². The lowest BCUT2D eigenvalue weighted by molar-refractivity contribution is -0.134. The Morgan fingerprint density at radius 2 is 2.16 bits per heavy atom. The summed E-state index contributed by atoms with van der Waals surface area (Å²) in [7, 11) is 0. The van der Waals surface area contributed by atoms with E-state index in [1.807, 2.05) is 13.8 Å². The highest BCUT2D eigenvalue weighted by Crippen LogP contribution is 2.14. The van der Waals surface area contributed by atoms with Crippen molar-refractivity contribution in [3.63, 3.8) is 0 Å². The number of esters is 1. The fourth-order valence-electron chi connectivity index (χ4n) is 1.42. The third-order valence-electron chi connectivity index (χ3n) is 2.30. The molecule has 1 aromatic heterocycles. The number of furan rings is 1. The molecule has 1 aromatic rings. The predicted molar refractivity (Wildman–Crippen MR) is 73.8 cm³/mol. The van der Waals surface area contributed by atoms with E-state index < -0.39 is 5.97 Å². The highest BCUT2D eigenvalue weighted by atomic mass is 79.9. The smallest absolute Gasteiger partial charge is 0.374 e. The minimum Gasteiger partial charge on any atom is -0.450 e. The minimum absolute atomic E-state index is 0.0580. The summed E-state index contributed by atoms with van der Waals surface area (Å²) in [5.41, 5.74) is 0.872. The molecule has 6 heteroatoms. The van der Waals surface area contributed by atoms with E-state index in [2.05, 4.69) is 22.5 Å². The third kappa shape index (κ3) is 4.90. The molecule has 0 unspecified atom stereocenters. The molecular weight excluding hydrogens is 314 g/mol. The van der Waals surface area contributed by atoms with Crippen molar-refractivity contribution < 1.29 is 18.7 Å². The van der Waals surface area contributed by atoms with Crippen LogP contribution in [0, 0.1) is 0 Å². The Morgan fingerprint density at radius 1 is 1.47 bits per heavy atom. The monoisotopic (exact) mass is 329 g/mol. The number of amides is 1. The van der Waals surface area contributed by atoms with E-state index in [0.717, 1.165) is 5.57 Å². The van der Waals surface area contributed by atoms with Crippen LogP contribution >= 0.6 is 15.9 Å². The van der Waals surface area contributed by atoms with Crippen molar-refractivity contribution in [1.82, 2.24) is 4.90 Å². The Kier molecular flexibility index (Phi) is 5.82. The quantitative estimate of drug-likeness (QED) is 0.594. The van der Waals surface area contributed by atoms with Crippen molar-refractivity contribution in [3.8, 4) is 0 Å². The summed E-state index contributed by atoms with van der Waals surface area (Å²) in [5.74, 6) is -0.863. The van der Waals surface area contributed by atoms with Gasteiger partial charge in [-0.3, -0.25) is 4.79 Å². The lowest BCUT2D eigenvalue weighted by Gasteiger charge is -2.20. The normalized spacial score (nSPS) is 10.1. The molecule has 0 spiro atoms. The summed E-state index contributed by atoms with van der Waals surface area (Å²) in [6.45, 7) is 8.13. The Labute approximate surface area is 120 Å². The first-order valence-electron chi connectivity index (χ1n) is 5.78. The van der Waals surface area contributed by atoms with Gasteiger partial charge in [-0.2, -0.15) is 0 Å². The number of rotatable bonds is 6. The number of carbonyl (C=O) groups is 2.